The van der Waals surface area contributed by atoms with E-state index >= 15 is 0 Å². The summed E-state index contributed by atoms with van der Waals surface area (Å²) in [6.45, 7) is 0.370. The van der Waals surface area contributed by atoms with Crippen molar-refractivity contribution in [2.45, 2.75) is 19.4 Å². The summed E-state index contributed by atoms with van der Waals surface area (Å²) in [5, 5.41) is 3.59. The molecule has 0 bridgehead atoms. The lowest BCUT2D eigenvalue weighted by Gasteiger charge is -2.15. The van der Waals surface area contributed by atoms with Crippen LogP contribution in [-0.2, 0) is 17.8 Å². The SMILES string of the molecule is COc1ccc(-n2c(CCC(=O)NCc3ccc(F)cc3)ccc2-c2ccc(Cl)cc2)cc1. The van der Waals surface area contributed by atoms with Gasteiger partial charge >= 0.3 is 0 Å². The van der Waals surface area contributed by atoms with Crippen LogP contribution in [0, 0.1) is 5.82 Å². The van der Waals surface area contributed by atoms with Crippen LogP contribution < -0.4 is 10.1 Å². The number of nitrogens with one attached hydrogen (secondary N) is 1. The van der Waals surface area contributed by atoms with E-state index in [0.717, 1.165) is 34.0 Å². The van der Waals surface area contributed by atoms with Crippen molar-refractivity contribution >= 4 is 17.5 Å². The van der Waals surface area contributed by atoms with E-state index in [1.54, 1.807) is 19.2 Å². The fraction of sp³-hybridized carbons (Fsp3) is 0.148. The minimum absolute atomic E-state index is 0.0603. The van der Waals surface area contributed by atoms with Gasteiger partial charge in [0.1, 0.15) is 11.6 Å². The molecule has 0 fully saturated rings. The standard InChI is InChI=1S/C27H24ClFN2O2/c1-33-25-14-10-23(11-15-25)31-24(12-16-26(31)20-4-6-21(28)7-5-20)13-17-27(32)30-18-19-2-8-22(29)9-3-19/h2-12,14-16H,13,17-18H2,1H3,(H,30,32). The number of hydrogen-bond donors (Lipinski definition) is 1. The molecule has 0 aliphatic rings. The van der Waals surface area contributed by atoms with Crippen LogP contribution in [0.1, 0.15) is 17.7 Å². The number of aromatic nitrogens is 1. The molecule has 1 N–H and O–H groups in total. The van der Waals surface area contributed by atoms with Crippen LogP contribution in [0.25, 0.3) is 16.9 Å². The normalized spacial score (nSPS) is 10.8. The van der Waals surface area contributed by atoms with Crippen LogP contribution in [-0.4, -0.2) is 17.6 Å². The number of ether oxygens (including phenoxy) is 1. The largest absolute Gasteiger partial charge is 0.497 e. The predicted octanol–water partition coefficient (Wildman–Crippen LogP) is 6.19. The van der Waals surface area contributed by atoms with Crippen LogP contribution in [0.4, 0.5) is 4.39 Å². The molecule has 33 heavy (non-hydrogen) atoms. The van der Waals surface area contributed by atoms with Gasteiger partial charge in [0.2, 0.25) is 5.91 Å². The number of methoxy groups -OCH3 is 1. The molecular formula is C27H24ClFN2O2. The van der Waals surface area contributed by atoms with Crippen molar-refractivity contribution in [3.63, 3.8) is 0 Å². The zero-order valence-electron chi connectivity index (χ0n) is 18.2. The molecule has 6 heteroatoms. The van der Waals surface area contributed by atoms with E-state index in [-0.39, 0.29) is 11.7 Å². The van der Waals surface area contributed by atoms with E-state index in [1.165, 1.54) is 12.1 Å². The Bertz CT molecular complexity index is 1220. The Morgan fingerprint density at radius 3 is 2.30 bits per heavy atom. The number of nitrogens with zero attached hydrogens (tertiary/aromatic N) is 1. The summed E-state index contributed by atoms with van der Waals surface area (Å²) in [6.07, 6.45) is 0.899. The van der Waals surface area contributed by atoms with Crippen LogP contribution in [0.3, 0.4) is 0 Å². The molecular weight excluding hydrogens is 439 g/mol. The van der Waals surface area contributed by atoms with E-state index in [9.17, 15) is 9.18 Å². The summed E-state index contributed by atoms with van der Waals surface area (Å²) in [7, 11) is 1.64. The predicted molar refractivity (Wildman–Crippen MR) is 129 cm³/mol. The third-order valence-electron chi connectivity index (χ3n) is 5.44. The number of carbonyl (C=O) groups excluding carboxylic acids is 1. The van der Waals surface area contributed by atoms with E-state index in [1.807, 2.05) is 54.6 Å². The first kappa shape index (κ1) is 22.6. The molecule has 4 rings (SSSR count). The third kappa shape index (κ3) is 5.62. The smallest absolute Gasteiger partial charge is 0.220 e. The number of benzene rings is 3. The Labute approximate surface area is 197 Å². The number of aryl methyl sites for hydroxylation is 1. The van der Waals surface area contributed by atoms with Gasteiger partial charge in [-0.05, 0) is 78.2 Å². The molecule has 0 aliphatic carbocycles. The highest BCUT2D eigenvalue weighted by molar-refractivity contribution is 6.30. The van der Waals surface area contributed by atoms with Gasteiger partial charge in [-0.1, -0.05) is 35.9 Å². The van der Waals surface area contributed by atoms with Crippen LogP contribution in [0.15, 0.2) is 84.9 Å². The number of amides is 1. The summed E-state index contributed by atoms with van der Waals surface area (Å²) < 4.78 is 20.5. The fourth-order valence-electron chi connectivity index (χ4n) is 3.69. The van der Waals surface area contributed by atoms with Gasteiger partial charge in [-0.25, -0.2) is 4.39 Å². The molecule has 4 nitrogen and oxygen atoms in total. The maximum Gasteiger partial charge on any atom is 0.220 e. The number of rotatable bonds is 8. The monoisotopic (exact) mass is 462 g/mol. The van der Waals surface area contributed by atoms with Crippen molar-refractivity contribution in [2.75, 3.05) is 7.11 Å². The van der Waals surface area contributed by atoms with Gasteiger partial charge in [0.25, 0.3) is 0 Å². The molecule has 1 heterocycles. The van der Waals surface area contributed by atoms with Gasteiger partial charge in [-0.3, -0.25) is 4.79 Å². The van der Waals surface area contributed by atoms with Crippen molar-refractivity contribution in [1.82, 2.24) is 9.88 Å². The highest BCUT2D eigenvalue weighted by atomic mass is 35.5. The Morgan fingerprint density at radius 1 is 0.939 bits per heavy atom. The van der Waals surface area contributed by atoms with Crippen LogP contribution in [0.5, 0.6) is 5.75 Å². The highest BCUT2D eigenvalue weighted by Crippen LogP contribution is 2.29. The minimum Gasteiger partial charge on any atom is -0.497 e. The second-order valence-electron chi connectivity index (χ2n) is 7.65. The maximum atomic E-state index is 13.1. The fourth-order valence-corrected chi connectivity index (χ4v) is 3.82. The van der Waals surface area contributed by atoms with E-state index in [2.05, 4.69) is 16.0 Å². The zero-order valence-corrected chi connectivity index (χ0v) is 19.0. The first-order chi connectivity index (χ1) is 16.0. The van der Waals surface area contributed by atoms with Crippen molar-refractivity contribution < 1.29 is 13.9 Å². The molecule has 0 radical (unpaired) electrons. The molecule has 3 aromatic carbocycles. The van der Waals surface area contributed by atoms with Gasteiger partial charge in [0.15, 0.2) is 0 Å². The minimum atomic E-state index is -0.291. The molecule has 0 spiro atoms. The van der Waals surface area contributed by atoms with E-state index < -0.39 is 0 Å². The van der Waals surface area contributed by atoms with Crippen molar-refractivity contribution in [1.29, 1.82) is 0 Å². The summed E-state index contributed by atoms with van der Waals surface area (Å²) in [6, 6.07) is 25.7. The molecule has 1 aromatic heterocycles. The average molecular weight is 463 g/mol. The molecule has 4 aromatic rings. The van der Waals surface area contributed by atoms with Gasteiger partial charge in [0, 0.05) is 29.4 Å². The summed E-state index contributed by atoms with van der Waals surface area (Å²) in [5.41, 5.74) is 4.90. The topological polar surface area (TPSA) is 43.3 Å². The summed E-state index contributed by atoms with van der Waals surface area (Å²) in [5.74, 6) is 0.427. The first-order valence-electron chi connectivity index (χ1n) is 10.7. The summed E-state index contributed by atoms with van der Waals surface area (Å²) in [4.78, 5) is 12.5. The Hall–Kier alpha value is -3.57. The molecule has 1 amide bonds. The third-order valence-corrected chi connectivity index (χ3v) is 5.70. The second-order valence-corrected chi connectivity index (χ2v) is 8.09. The molecule has 0 saturated carbocycles. The van der Waals surface area contributed by atoms with Gasteiger partial charge < -0.3 is 14.6 Å². The number of hydrogen-bond acceptors (Lipinski definition) is 2. The quantitative estimate of drug-likeness (QED) is 0.339. The lowest BCUT2D eigenvalue weighted by Crippen LogP contribution is -2.23. The zero-order chi connectivity index (χ0) is 23.2. The molecule has 0 unspecified atom stereocenters. The maximum absolute atomic E-state index is 13.1. The lowest BCUT2D eigenvalue weighted by atomic mass is 10.1. The Morgan fingerprint density at radius 2 is 1.64 bits per heavy atom. The Kier molecular flexibility index (Phi) is 7.10. The first-order valence-corrected chi connectivity index (χ1v) is 11.0. The van der Waals surface area contributed by atoms with Crippen LogP contribution in [0.2, 0.25) is 5.02 Å². The molecule has 0 atom stereocenters. The molecule has 0 saturated heterocycles. The molecule has 168 valence electrons. The average Bonchev–Trinajstić information content (AvgIpc) is 3.27. The van der Waals surface area contributed by atoms with Gasteiger partial charge in [-0.2, -0.15) is 0 Å². The van der Waals surface area contributed by atoms with E-state index in [0.29, 0.717) is 24.4 Å². The number of carbonyl (C=O) groups is 1. The molecule has 0 aliphatic heterocycles. The van der Waals surface area contributed by atoms with E-state index in [4.69, 9.17) is 16.3 Å². The number of halogens is 2. The van der Waals surface area contributed by atoms with Gasteiger partial charge in [-0.15, -0.1) is 0 Å². The van der Waals surface area contributed by atoms with Crippen molar-refractivity contribution in [2.24, 2.45) is 0 Å². The van der Waals surface area contributed by atoms with Crippen LogP contribution >= 0.6 is 11.6 Å². The van der Waals surface area contributed by atoms with Gasteiger partial charge in [0.05, 0.1) is 12.8 Å². The van der Waals surface area contributed by atoms with Crippen molar-refractivity contribution in [3.05, 3.63) is 107 Å². The second kappa shape index (κ2) is 10.4. The lowest BCUT2D eigenvalue weighted by molar-refractivity contribution is -0.121. The highest BCUT2D eigenvalue weighted by Gasteiger charge is 2.14. The Balaban J connectivity index is 1.53. The summed E-state index contributed by atoms with van der Waals surface area (Å²) >= 11 is 6.08. The van der Waals surface area contributed by atoms with Crippen molar-refractivity contribution in [3.8, 4) is 22.7 Å².